The fourth-order valence-electron chi connectivity index (χ4n) is 2.26. The zero-order valence-electron chi connectivity index (χ0n) is 12.8. The molecule has 134 valence electrons. The molecule has 0 aromatic heterocycles. The van der Waals surface area contributed by atoms with Crippen molar-refractivity contribution in [2.75, 3.05) is 17.9 Å². The van der Waals surface area contributed by atoms with Crippen LogP contribution in [-0.2, 0) is 16.2 Å². The Morgan fingerprint density at radius 1 is 0.920 bits per heavy atom. The second-order valence-corrected chi connectivity index (χ2v) is 7.02. The van der Waals surface area contributed by atoms with E-state index in [0.717, 1.165) is 24.3 Å². The Bertz CT molecular complexity index is 864. The molecule has 2 aromatic rings. The summed E-state index contributed by atoms with van der Waals surface area (Å²) in [7, 11) is -4.02. The Hall–Kier alpha value is -2.42. The highest BCUT2D eigenvalue weighted by molar-refractivity contribution is 7.92. The van der Waals surface area contributed by atoms with Crippen LogP contribution < -0.4 is 14.2 Å². The van der Waals surface area contributed by atoms with Gasteiger partial charge in [-0.05, 0) is 36.4 Å². The van der Waals surface area contributed by atoms with Crippen LogP contribution >= 0.6 is 0 Å². The van der Waals surface area contributed by atoms with Gasteiger partial charge in [0.1, 0.15) is 0 Å². The molecule has 9 heteroatoms. The molecular formula is C16H14F3NO4S. The van der Waals surface area contributed by atoms with Crippen LogP contribution in [0.2, 0.25) is 0 Å². The molecule has 1 N–H and O–H groups in total. The van der Waals surface area contributed by atoms with Gasteiger partial charge in [-0.1, -0.05) is 0 Å². The minimum Gasteiger partial charge on any atom is -0.490 e. The predicted molar refractivity (Wildman–Crippen MR) is 84.3 cm³/mol. The third-order valence-corrected chi connectivity index (χ3v) is 4.89. The molecule has 0 amide bonds. The summed E-state index contributed by atoms with van der Waals surface area (Å²) in [6, 6.07) is 7.82. The number of ether oxygens (including phenoxy) is 2. The lowest BCUT2D eigenvalue weighted by molar-refractivity contribution is -0.137. The maximum Gasteiger partial charge on any atom is 0.416 e. The Balaban J connectivity index is 1.83. The first kappa shape index (κ1) is 17.4. The number of alkyl halides is 3. The van der Waals surface area contributed by atoms with Crippen molar-refractivity contribution in [3.63, 3.8) is 0 Å². The van der Waals surface area contributed by atoms with Crippen LogP contribution in [0, 0.1) is 0 Å². The molecule has 3 rings (SSSR count). The van der Waals surface area contributed by atoms with Crippen LogP contribution in [0.1, 0.15) is 12.0 Å². The summed E-state index contributed by atoms with van der Waals surface area (Å²) in [4.78, 5) is -0.271. The number of hydrogen-bond donors (Lipinski definition) is 1. The van der Waals surface area contributed by atoms with Gasteiger partial charge in [-0.15, -0.1) is 0 Å². The number of benzene rings is 2. The van der Waals surface area contributed by atoms with Gasteiger partial charge >= 0.3 is 6.18 Å². The third kappa shape index (κ3) is 3.98. The number of fused-ring (bicyclic) bond motifs is 1. The van der Waals surface area contributed by atoms with E-state index in [4.69, 9.17) is 9.47 Å². The molecule has 0 saturated carbocycles. The first-order chi connectivity index (χ1) is 11.8. The van der Waals surface area contributed by atoms with E-state index in [1.54, 1.807) is 6.07 Å². The van der Waals surface area contributed by atoms with Crippen molar-refractivity contribution in [3.8, 4) is 11.5 Å². The summed E-state index contributed by atoms with van der Waals surface area (Å²) < 4.78 is 75.6. The highest BCUT2D eigenvalue weighted by atomic mass is 32.2. The molecule has 0 unspecified atom stereocenters. The largest absolute Gasteiger partial charge is 0.490 e. The van der Waals surface area contributed by atoms with E-state index >= 15 is 0 Å². The third-order valence-electron chi connectivity index (χ3n) is 3.49. The molecule has 0 saturated heterocycles. The van der Waals surface area contributed by atoms with Gasteiger partial charge in [-0.2, -0.15) is 13.2 Å². The zero-order chi connectivity index (χ0) is 18.1. The topological polar surface area (TPSA) is 64.6 Å². The van der Waals surface area contributed by atoms with Gasteiger partial charge in [0.05, 0.1) is 29.4 Å². The smallest absolute Gasteiger partial charge is 0.416 e. The SMILES string of the molecule is O=S(=O)(Nc1ccc2c(c1)OCCCO2)c1ccc(C(F)(F)F)cc1. The summed E-state index contributed by atoms with van der Waals surface area (Å²) in [5.74, 6) is 0.917. The molecule has 2 aromatic carbocycles. The molecule has 0 spiro atoms. The highest BCUT2D eigenvalue weighted by Crippen LogP contribution is 2.33. The number of hydrogen-bond acceptors (Lipinski definition) is 4. The van der Waals surface area contributed by atoms with Crippen LogP contribution in [0.3, 0.4) is 0 Å². The van der Waals surface area contributed by atoms with Crippen molar-refractivity contribution in [2.24, 2.45) is 0 Å². The highest BCUT2D eigenvalue weighted by Gasteiger charge is 2.30. The van der Waals surface area contributed by atoms with E-state index in [-0.39, 0.29) is 10.6 Å². The van der Waals surface area contributed by atoms with E-state index in [1.807, 2.05) is 0 Å². The normalized spacial score (nSPS) is 14.7. The summed E-state index contributed by atoms with van der Waals surface area (Å²) >= 11 is 0. The van der Waals surface area contributed by atoms with Gasteiger partial charge in [0.15, 0.2) is 11.5 Å². The average molecular weight is 373 g/mol. The Kier molecular flexibility index (Phi) is 4.51. The van der Waals surface area contributed by atoms with Crippen LogP contribution in [0.5, 0.6) is 11.5 Å². The van der Waals surface area contributed by atoms with Gasteiger partial charge < -0.3 is 9.47 Å². The van der Waals surface area contributed by atoms with Crippen LogP contribution in [-0.4, -0.2) is 21.6 Å². The minimum atomic E-state index is -4.52. The van der Waals surface area contributed by atoms with Gasteiger partial charge in [0, 0.05) is 12.5 Å². The molecule has 5 nitrogen and oxygen atoms in total. The number of halogens is 3. The number of sulfonamides is 1. The maximum atomic E-state index is 12.6. The molecule has 1 aliphatic rings. The van der Waals surface area contributed by atoms with E-state index in [0.29, 0.717) is 31.1 Å². The van der Waals surface area contributed by atoms with Crippen molar-refractivity contribution in [1.82, 2.24) is 0 Å². The Morgan fingerprint density at radius 3 is 2.20 bits per heavy atom. The van der Waals surface area contributed by atoms with Crippen molar-refractivity contribution >= 4 is 15.7 Å². The zero-order valence-corrected chi connectivity index (χ0v) is 13.7. The van der Waals surface area contributed by atoms with Gasteiger partial charge in [-0.25, -0.2) is 8.42 Å². The summed E-state index contributed by atoms with van der Waals surface area (Å²) in [6.45, 7) is 0.950. The quantitative estimate of drug-likeness (QED) is 0.892. The molecule has 25 heavy (non-hydrogen) atoms. The van der Waals surface area contributed by atoms with Gasteiger partial charge in [0.2, 0.25) is 0 Å². The van der Waals surface area contributed by atoms with E-state index in [9.17, 15) is 21.6 Å². The molecular weight excluding hydrogens is 359 g/mol. The van der Waals surface area contributed by atoms with Crippen molar-refractivity contribution in [3.05, 3.63) is 48.0 Å². The Morgan fingerprint density at radius 2 is 1.56 bits per heavy atom. The second kappa shape index (κ2) is 6.47. The lowest BCUT2D eigenvalue weighted by Gasteiger charge is -2.12. The number of nitrogens with one attached hydrogen (secondary N) is 1. The maximum absolute atomic E-state index is 12.6. The van der Waals surface area contributed by atoms with Crippen molar-refractivity contribution in [2.45, 2.75) is 17.5 Å². The van der Waals surface area contributed by atoms with E-state index in [1.165, 1.54) is 12.1 Å². The first-order valence-electron chi connectivity index (χ1n) is 7.35. The van der Waals surface area contributed by atoms with Crippen LogP contribution in [0.15, 0.2) is 47.4 Å². The van der Waals surface area contributed by atoms with Gasteiger partial charge in [0.25, 0.3) is 10.0 Å². The fraction of sp³-hybridized carbons (Fsp3) is 0.250. The predicted octanol–water partition coefficient (Wildman–Crippen LogP) is 3.67. The van der Waals surface area contributed by atoms with Gasteiger partial charge in [-0.3, -0.25) is 4.72 Å². The molecule has 0 bridgehead atoms. The average Bonchev–Trinajstić information content (AvgIpc) is 2.78. The Labute approximate surface area is 142 Å². The van der Waals surface area contributed by atoms with Crippen molar-refractivity contribution < 1.29 is 31.1 Å². The lowest BCUT2D eigenvalue weighted by Crippen LogP contribution is -2.13. The minimum absolute atomic E-state index is 0.226. The molecule has 0 aliphatic carbocycles. The van der Waals surface area contributed by atoms with E-state index in [2.05, 4.69) is 4.72 Å². The summed E-state index contributed by atoms with van der Waals surface area (Å²) in [6.07, 6.45) is -3.81. The first-order valence-corrected chi connectivity index (χ1v) is 8.84. The second-order valence-electron chi connectivity index (χ2n) is 5.34. The molecule has 0 fully saturated rings. The fourth-order valence-corrected chi connectivity index (χ4v) is 3.31. The number of rotatable bonds is 3. The van der Waals surface area contributed by atoms with Crippen LogP contribution in [0.25, 0.3) is 0 Å². The molecule has 0 atom stereocenters. The summed E-state index contributed by atoms with van der Waals surface area (Å²) in [5.41, 5.74) is -0.689. The van der Waals surface area contributed by atoms with Crippen LogP contribution in [0.4, 0.5) is 18.9 Å². The molecule has 0 radical (unpaired) electrons. The monoisotopic (exact) mass is 373 g/mol. The molecule has 1 aliphatic heterocycles. The lowest BCUT2D eigenvalue weighted by atomic mass is 10.2. The van der Waals surface area contributed by atoms with Crippen molar-refractivity contribution in [1.29, 1.82) is 0 Å². The standard InChI is InChI=1S/C16H14F3NO4S/c17-16(18,19)11-2-5-13(6-3-11)25(21,22)20-12-4-7-14-15(10-12)24-9-1-8-23-14/h2-7,10,20H,1,8-9H2. The summed E-state index contributed by atoms with van der Waals surface area (Å²) in [5, 5.41) is 0. The molecule has 1 heterocycles. The van der Waals surface area contributed by atoms with E-state index < -0.39 is 21.8 Å². The number of anilines is 1.